The molecule has 0 aliphatic carbocycles. The first-order chi connectivity index (χ1) is 11.5. The Balaban J connectivity index is 1.87. The maximum atomic E-state index is 13.7. The summed E-state index contributed by atoms with van der Waals surface area (Å²) in [6.45, 7) is 3.59. The van der Waals surface area contributed by atoms with Crippen LogP contribution < -0.4 is 5.32 Å². The van der Waals surface area contributed by atoms with Gasteiger partial charge in [0, 0.05) is 18.8 Å². The largest absolute Gasteiger partial charge is 0.378 e. The summed E-state index contributed by atoms with van der Waals surface area (Å²) < 4.78 is 32.7. The molecular formula is C16H16F2N4O2. The van der Waals surface area contributed by atoms with Gasteiger partial charge in [-0.05, 0) is 25.1 Å². The quantitative estimate of drug-likeness (QED) is 0.933. The monoisotopic (exact) mass is 334 g/mol. The summed E-state index contributed by atoms with van der Waals surface area (Å²) in [7, 11) is 0. The van der Waals surface area contributed by atoms with Crippen molar-refractivity contribution in [2.75, 3.05) is 31.6 Å². The minimum absolute atomic E-state index is 0.0318. The SMILES string of the molecule is Cc1cc(C(=O)N2CCOCC2)nc(Nc2c(F)cccc2F)n1. The van der Waals surface area contributed by atoms with E-state index in [0.717, 1.165) is 12.1 Å². The zero-order valence-electron chi connectivity index (χ0n) is 13.1. The number of aromatic nitrogens is 2. The average Bonchev–Trinajstić information content (AvgIpc) is 2.58. The first kappa shape index (κ1) is 16.3. The standard InChI is InChI=1S/C16H16F2N4O2/c1-10-9-13(15(23)22-5-7-24-8-6-22)20-16(19-10)21-14-11(17)3-2-4-12(14)18/h2-4,9H,5-8H2,1H3,(H,19,20,21). The molecule has 1 N–H and O–H groups in total. The molecule has 0 spiro atoms. The van der Waals surface area contributed by atoms with Gasteiger partial charge in [0.05, 0.1) is 13.2 Å². The first-order valence-electron chi connectivity index (χ1n) is 7.48. The first-order valence-corrected chi connectivity index (χ1v) is 7.48. The number of morpholine rings is 1. The van der Waals surface area contributed by atoms with Gasteiger partial charge in [-0.2, -0.15) is 0 Å². The lowest BCUT2D eigenvalue weighted by atomic mass is 10.2. The second-order valence-corrected chi connectivity index (χ2v) is 5.34. The predicted molar refractivity (Wildman–Crippen MR) is 83.1 cm³/mol. The van der Waals surface area contributed by atoms with Gasteiger partial charge in [-0.25, -0.2) is 18.7 Å². The summed E-state index contributed by atoms with van der Waals surface area (Å²) >= 11 is 0. The average molecular weight is 334 g/mol. The zero-order chi connectivity index (χ0) is 17.1. The van der Waals surface area contributed by atoms with Crippen LogP contribution >= 0.6 is 0 Å². The van der Waals surface area contributed by atoms with Gasteiger partial charge in [0.25, 0.3) is 5.91 Å². The van der Waals surface area contributed by atoms with E-state index in [1.807, 2.05) is 0 Å². The van der Waals surface area contributed by atoms with Crippen LogP contribution in [0.2, 0.25) is 0 Å². The van der Waals surface area contributed by atoms with Gasteiger partial charge in [0.1, 0.15) is 23.0 Å². The Morgan fingerprint density at radius 1 is 1.21 bits per heavy atom. The second-order valence-electron chi connectivity index (χ2n) is 5.34. The van der Waals surface area contributed by atoms with Crippen LogP contribution in [-0.4, -0.2) is 47.1 Å². The number of carbonyl (C=O) groups is 1. The number of anilines is 2. The smallest absolute Gasteiger partial charge is 0.272 e. The molecule has 3 rings (SSSR count). The number of rotatable bonds is 3. The topological polar surface area (TPSA) is 67.4 Å². The molecule has 0 saturated carbocycles. The molecule has 1 aliphatic heterocycles. The molecule has 1 aromatic heterocycles. The van der Waals surface area contributed by atoms with Crippen LogP contribution in [0.25, 0.3) is 0 Å². The van der Waals surface area contributed by atoms with Crippen molar-refractivity contribution in [3.63, 3.8) is 0 Å². The van der Waals surface area contributed by atoms with Crippen molar-refractivity contribution < 1.29 is 18.3 Å². The fourth-order valence-electron chi connectivity index (χ4n) is 2.39. The minimum Gasteiger partial charge on any atom is -0.378 e. The van der Waals surface area contributed by atoms with Crippen molar-refractivity contribution in [2.45, 2.75) is 6.92 Å². The Hall–Kier alpha value is -2.61. The molecule has 2 heterocycles. The van der Waals surface area contributed by atoms with Crippen LogP contribution in [0.4, 0.5) is 20.4 Å². The number of nitrogens with zero attached hydrogens (tertiary/aromatic N) is 3. The second kappa shape index (κ2) is 6.88. The predicted octanol–water partition coefficient (Wildman–Crippen LogP) is 2.28. The molecular weight excluding hydrogens is 318 g/mol. The van der Waals surface area contributed by atoms with Crippen LogP contribution in [0.15, 0.2) is 24.3 Å². The number of halogens is 2. The van der Waals surface area contributed by atoms with Crippen molar-refractivity contribution in [1.82, 2.24) is 14.9 Å². The summed E-state index contributed by atoms with van der Waals surface area (Å²) in [4.78, 5) is 22.3. The summed E-state index contributed by atoms with van der Waals surface area (Å²) in [6.07, 6.45) is 0. The van der Waals surface area contributed by atoms with E-state index < -0.39 is 11.6 Å². The van der Waals surface area contributed by atoms with Crippen molar-refractivity contribution in [1.29, 1.82) is 0 Å². The summed E-state index contributed by atoms with van der Waals surface area (Å²) in [5.41, 5.74) is 0.331. The maximum absolute atomic E-state index is 13.7. The van der Waals surface area contributed by atoms with Gasteiger partial charge in [-0.1, -0.05) is 6.07 Å². The number of para-hydroxylation sites is 1. The molecule has 8 heteroatoms. The Morgan fingerprint density at radius 3 is 2.54 bits per heavy atom. The number of aryl methyl sites for hydroxylation is 1. The van der Waals surface area contributed by atoms with E-state index in [4.69, 9.17) is 4.74 Å². The molecule has 1 aromatic carbocycles. The van der Waals surface area contributed by atoms with Gasteiger partial charge in [0.15, 0.2) is 0 Å². The van der Waals surface area contributed by atoms with Crippen LogP contribution in [0.1, 0.15) is 16.2 Å². The van der Waals surface area contributed by atoms with E-state index in [1.165, 1.54) is 6.07 Å². The Kier molecular flexibility index (Phi) is 4.66. The Labute approximate surface area is 137 Å². The Bertz CT molecular complexity index is 743. The van der Waals surface area contributed by atoms with Crippen LogP contribution in [-0.2, 0) is 4.74 Å². The van der Waals surface area contributed by atoms with Crippen molar-refractivity contribution >= 4 is 17.5 Å². The molecule has 1 fully saturated rings. The van der Waals surface area contributed by atoms with Gasteiger partial charge < -0.3 is 15.0 Å². The van der Waals surface area contributed by atoms with E-state index in [-0.39, 0.29) is 23.2 Å². The van der Waals surface area contributed by atoms with Crippen molar-refractivity contribution in [3.8, 4) is 0 Å². The van der Waals surface area contributed by atoms with E-state index in [0.29, 0.717) is 32.0 Å². The van der Waals surface area contributed by atoms with Crippen LogP contribution in [0, 0.1) is 18.6 Å². The van der Waals surface area contributed by atoms with E-state index in [1.54, 1.807) is 17.9 Å². The number of nitrogens with one attached hydrogen (secondary N) is 1. The van der Waals surface area contributed by atoms with Crippen molar-refractivity contribution in [2.24, 2.45) is 0 Å². The zero-order valence-corrected chi connectivity index (χ0v) is 13.1. The number of hydrogen-bond donors (Lipinski definition) is 1. The van der Waals surface area contributed by atoms with Crippen LogP contribution in [0.5, 0.6) is 0 Å². The van der Waals surface area contributed by atoms with Crippen molar-refractivity contribution in [3.05, 3.63) is 47.3 Å². The highest BCUT2D eigenvalue weighted by atomic mass is 19.1. The normalized spacial score (nSPS) is 14.5. The van der Waals surface area contributed by atoms with E-state index in [2.05, 4.69) is 15.3 Å². The third kappa shape index (κ3) is 3.48. The molecule has 24 heavy (non-hydrogen) atoms. The molecule has 1 aliphatic rings. The summed E-state index contributed by atoms with van der Waals surface area (Å²) in [5, 5.41) is 2.51. The van der Waals surface area contributed by atoms with Gasteiger partial charge >= 0.3 is 0 Å². The molecule has 0 unspecified atom stereocenters. The van der Waals surface area contributed by atoms with Gasteiger partial charge in [-0.3, -0.25) is 4.79 Å². The number of amides is 1. The lowest BCUT2D eigenvalue weighted by Crippen LogP contribution is -2.41. The molecule has 0 radical (unpaired) electrons. The Morgan fingerprint density at radius 2 is 1.88 bits per heavy atom. The third-order valence-electron chi connectivity index (χ3n) is 3.57. The lowest BCUT2D eigenvalue weighted by Gasteiger charge is -2.26. The van der Waals surface area contributed by atoms with E-state index in [9.17, 15) is 13.6 Å². The highest BCUT2D eigenvalue weighted by Crippen LogP contribution is 2.21. The third-order valence-corrected chi connectivity index (χ3v) is 3.57. The number of hydrogen-bond acceptors (Lipinski definition) is 5. The minimum atomic E-state index is -0.763. The van der Waals surface area contributed by atoms with Gasteiger partial charge in [-0.15, -0.1) is 0 Å². The highest BCUT2D eigenvalue weighted by molar-refractivity contribution is 5.92. The molecule has 1 saturated heterocycles. The molecule has 0 bridgehead atoms. The molecule has 2 aromatic rings. The lowest BCUT2D eigenvalue weighted by molar-refractivity contribution is 0.0299. The molecule has 1 amide bonds. The maximum Gasteiger partial charge on any atom is 0.272 e. The number of carbonyl (C=O) groups excluding carboxylic acids is 1. The fraction of sp³-hybridized carbons (Fsp3) is 0.312. The highest BCUT2D eigenvalue weighted by Gasteiger charge is 2.21. The summed E-state index contributed by atoms with van der Waals surface area (Å²) in [6, 6.07) is 5.06. The molecule has 6 nitrogen and oxygen atoms in total. The number of ether oxygens (including phenoxy) is 1. The number of benzene rings is 1. The fourth-order valence-corrected chi connectivity index (χ4v) is 2.39. The molecule has 126 valence electrons. The van der Waals surface area contributed by atoms with Crippen LogP contribution in [0.3, 0.4) is 0 Å². The molecule has 0 atom stereocenters. The van der Waals surface area contributed by atoms with Gasteiger partial charge in [0.2, 0.25) is 5.95 Å². The van der Waals surface area contributed by atoms with E-state index >= 15 is 0 Å². The summed E-state index contributed by atoms with van der Waals surface area (Å²) in [5.74, 6) is -1.82.